The monoisotopic (exact) mass is 280 g/mol. The van der Waals surface area contributed by atoms with Gasteiger partial charge in [-0.1, -0.05) is 22.6 Å². The van der Waals surface area contributed by atoms with Gasteiger partial charge in [-0.05, 0) is 44.9 Å². The summed E-state index contributed by atoms with van der Waals surface area (Å²) in [6.07, 6.45) is 7.32. The zero-order chi connectivity index (χ0) is 8.60. The van der Waals surface area contributed by atoms with Gasteiger partial charge in [0.1, 0.15) is 0 Å². The van der Waals surface area contributed by atoms with Crippen molar-refractivity contribution >= 4 is 22.6 Å². The first-order chi connectivity index (χ1) is 5.74. The number of ether oxygens (including phenoxy) is 1. The molecule has 0 spiro atoms. The maximum absolute atomic E-state index is 6.14. The van der Waals surface area contributed by atoms with Crippen molar-refractivity contribution in [3.8, 4) is 0 Å². The molecule has 0 N–H and O–H groups in total. The summed E-state index contributed by atoms with van der Waals surface area (Å²) < 4.78 is 7.31. The highest BCUT2D eigenvalue weighted by Crippen LogP contribution is 2.47. The van der Waals surface area contributed by atoms with E-state index < -0.39 is 0 Å². The first-order valence-electron chi connectivity index (χ1n) is 4.98. The summed E-state index contributed by atoms with van der Waals surface area (Å²) in [5.41, 5.74) is 0.258. The molecule has 1 saturated heterocycles. The van der Waals surface area contributed by atoms with E-state index in [4.69, 9.17) is 4.74 Å². The van der Waals surface area contributed by atoms with E-state index in [2.05, 4.69) is 29.5 Å². The van der Waals surface area contributed by atoms with E-state index >= 15 is 0 Å². The second-order valence-electron chi connectivity index (χ2n) is 4.37. The first kappa shape index (κ1) is 9.25. The van der Waals surface area contributed by atoms with E-state index in [0.29, 0.717) is 6.10 Å². The fraction of sp³-hybridized carbons (Fsp3) is 1.00. The molecular formula is C10H17IO. The normalized spacial score (nSPS) is 43.0. The Bertz CT molecular complexity index is 167. The van der Waals surface area contributed by atoms with Gasteiger partial charge in [-0.15, -0.1) is 0 Å². The minimum Gasteiger partial charge on any atom is -0.371 e. The van der Waals surface area contributed by atoms with Crippen molar-refractivity contribution in [3.05, 3.63) is 0 Å². The van der Waals surface area contributed by atoms with Gasteiger partial charge in [-0.3, -0.25) is 0 Å². The summed E-state index contributed by atoms with van der Waals surface area (Å²) in [6, 6.07) is 0. The van der Waals surface area contributed by atoms with Gasteiger partial charge in [-0.25, -0.2) is 0 Å². The van der Waals surface area contributed by atoms with Crippen LogP contribution in [0, 0.1) is 5.92 Å². The Balaban J connectivity index is 1.96. The Morgan fingerprint density at radius 2 is 2.17 bits per heavy atom. The van der Waals surface area contributed by atoms with Gasteiger partial charge in [0.15, 0.2) is 0 Å². The maximum atomic E-state index is 6.14. The van der Waals surface area contributed by atoms with Crippen LogP contribution in [0.1, 0.15) is 39.0 Å². The predicted molar refractivity (Wildman–Crippen MR) is 58.7 cm³/mol. The molecule has 0 amide bonds. The minimum atomic E-state index is 0.258. The van der Waals surface area contributed by atoms with Gasteiger partial charge < -0.3 is 4.74 Å². The van der Waals surface area contributed by atoms with Crippen molar-refractivity contribution in [2.75, 3.05) is 4.43 Å². The van der Waals surface area contributed by atoms with Gasteiger partial charge in [-0.2, -0.15) is 0 Å². The van der Waals surface area contributed by atoms with Crippen LogP contribution in [0.4, 0.5) is 0 Å². The minimum absolute atomic E-state index is 0.258. The largest absolute Gasteiger partial charge is 0.371 e. The fourth-order valence-corrected chi connectivity index (χ4v) is 2.90. The van der Waals surface area contributed by atoms with Crippen LogP contribution in [-0.4, -0.2) is 16.1 Å². The Morgan fingerprint density at radius 1 is 1.42 bits per heavy atom. The van der Waals surface area contributed by atoms with E-state index in [9.17, 15) is 0 Å². The molecule has 2 rings (SSSR count). The molecule has 0 aromatic heterocycles. The molecule has 0 bridgehead atoms. The van der Waals surface area contributed by atoms with Gasteiger partial charge in [0.05, 0.1) is 11.7 Å². The van der Waals surface area contributed by atoms with Crippen molar-refractivity contribution in [3.63, 3.8) is 0 Å². The standard InChI is InChI=1S/C10H17IO/c1-10(8-4-5-8)6-2-3-9(7-11)12-10/h8-9H,2-7H2,1H3. The SMILES string of the molecule is CC1(C2CC2)CCCC(CI)O1. The highest BCUT2D eigenvalue weighted by atomic mass is 127. The topological polar surface area (TPSA) is 9.23 Å². The lowest BCUT2D eigenvalue weighted by Crippen LogP contribution is -2.40. The molecule has 2 fully saturated rings. The molecule has 2 aliphatic rings. The molecule has 0 aromatic carbocycles. The second kappa shape index (κ2) is 3.45. The molecule has 2 heteroatoms. The van der Waals surface area contributed by atoms with Crippen molar-refractivity contribution in [1.82, 2.24) is 0 Å². The number of hydrogen-bond donors (Lipinski definition) is 0. The van der Waals surface area contributed by atoms with E-state index in [1.54, 1.807) is 0 Å². The number of rotatable bonds is 2. The van der Waals surface area contributed by atoms with Crippen LogP contribution in [0.2, 0.25) is 0 Å². The van der Waals surface area contributed by atoms with Crippen molar-refractivity contribution in [1.29, 1.82) is 0 Å². The average Bonchev–Trinajstić information content (AvgIpc) is 2.86. The second-order valence-corrected chi connectivity index (χ2v) is 5.25. The lowest BCUT2D eigenvalue weighted by molar-refractivity contribution is -0.119. The number of alkyl halides is 1. The van der Waals surface area contributed by atoms with Crippen molar-refractivity contribution in [2.45, 2.75) is 50.7 Å². The molecule has 1 saturated carbocycles. The van der Waals surface area contributed by atoms with E-state index in [-0.39, 0.29) is 5.60 Å². The van der Waals surface area contributed by atoms with Gasteiger partial charge >= 0.3 is 0 Å². The molecule has 2 unspecified atom stereocenters. The zero-order valence-corrected chi connectivity index (χ0v) is 9.84. The van der Waals surface area contributed by atoms with Crippen LogP contribution < -0.4 is 0 Å². The Morgan fingerprint density at radius 3 is 2.75 bits per heavy atom. The van der Waals surface area contributed by atoms with Crippen LogP contribution in [0.5, 0.6) is 0 Å². The van der Waals surface area contributed by atoms with E-state index in [0.717, 1.165) is 5.92 Å². The quantitative estimate of drug-likeness (QED) is 0.557. The number of halogens is 1. The molecular weight excluding hydrogens is 263 g/mol. The molecule has 1 nitrogen and oxygen atoms in total. The van der Waals surface area contributed by atoms with Gasteiger partial charge in [0, 0.05) is 4.43 Å². The third-order valence-electron chi connectivity index (χ3n) is 3.25. The average molecular weight is 280 g/mol. The molecule has 0 radical (unpaired) electrons. The highest BCUT2D eigenvalue weighted by Gasteiger charge is 2.45. The third-order valence-corrected chi connectivity index (χ3v) is 4.23. The Kier molecular flexibility index (Phi) is 2.66. The lowest BCUT2D eigenvalue weighted by Gasteiger charge is -2.38. The van der Waals surface area contributed by atoms with Crippen LogP contribution >= 0.6 is 22.6 Å². The van der Waals surface area contributed by atoms with Gasteiger partial charge in [0.2, 0.25) is 0 Å². The third kappa shape index (κ3) is 1.79. The summed E-state index contributed by atoms with van der Waals surface area (Å²) in [5.74, 6) is 0.892. The molecule has 1 aliphatic heterocycles. The molecule has 2 atom stereocenters. The van der Waals surface area contributed by atoms with E-state index in [1.807, 2.05) is 0 Å². The predicted octanol–water partition coefficient (Wildman–Crippen LogP) is 3.16. The summed E-state index contributed by atoms with van der Waals surface area (Å²) >= 11 is 2.44. The summed E-state index contributed by atoms with van der Waals surface area (Å²) in [7, 11) is 0. The maximum Gasteiger partial charge on any atom is 0.0686 e. The smallest absolute Gasteiger partial charge is 0.0686 e. The van der Waals surface area contributed by atoms with Gasteiger partial charge in [0.25, 0.3) is 0 Å². The lowest BCUT2D eigenvalue weighted by atomic mass is 9.89. The summed E-state index contributed by atoms with van der Waals surface area (Å²) in [6.45, 7) is 2.32. The fourth-order valence-electron chi connectivity index (χ4n) is 2.28. The molecule has 12 heavy (non-hydrogen) atoms. The number of hydrogen-bond acceptors (Lipinski definition) is 1. The zero-order valence-electron chi connectivity index (χ0n) is 7.68. The Hall–Kier alpha value is 0.690. The van der Waals surface area contributed by atoms with Crippen molar-refractivity contribution < 1.29 is 4.74 Å². The van der Waals surface area contributed by atoms with Crippen LogP contribution in [0.3, 0.4) is 0 Å². The van der Waals surface area contributed by atoms with Crippen LogP contribution in [0.25, 0.3) is 0 Å². The molecule has 0 aromatic rings. The molecule has 70 valence electrons. The summed E-state index contributed by atoms with van der Waals surface area (Å²) in [5, 5.41) is 0. The Labute approximate surface area is 88.4 Å². The molecule has 1 aliphatic carbocycles. The van der Waals surface area contributed by atoms with Crippen molar-refractivity contribution in [2.24, 2.45) is 5.92 Å². The summed E-state index contributed by atoms with van der Waals surface area (Å²) in [4.78, 5) is 0. The van der Waals surface area contributed by atoms with Crippen LogP contribution in [0.15, 0.2) is 0 Å². The first-order valence-corrected chi connectivity index (χ1v) is 6.51. The van der Waals surface area contributed by atoms with E-state index in [1.165, 1.54) is 36.5 Å². The molecule has 1 heterocycles. The van der Waals surface area contributed by atoms with Crippen LogP contribution in [-0.2, 0) is 4.74 Å². The highest BCUT2D eigenvalue weighted by molar-refractivity contribution is 14.1.